The van der Waals surface area contributed by atoms with E-state index in [2.05, 4.69) is 37.5 Å². The molecule has 4 N–H and O–H groups in total. The summed E-state index contributed by atoms with van der Waals surface area (Å²) in [6.07, 6.45) is 7.81. The van der Waals surface area contributed by atoms with Crippen molar-refractivity contribution in [1.29, 1.82) is 5.26 Å². The Bertz CT molecular complexity index is 1640. The Morgan fingerprint density at radius 3 is 2.95 bits per heavy atom. The van der Waals surface area contributed by atoms with Gasteiger partial charge in [-0.3, -0.25) is 24.3 Å². The molecule has 0 bridgehead atoms. The maximum absolute atomic E-state index is 14.0. The van der Waals surface area contributed by atoms with E-state index in [-0.39, 0.29) is 11.8 Å². The number of hydrogen-bond donors (Lipinski definition) is 4. The molecule has 0 spiro atoms. The van der Waals surface area contributed by atoms with Crippen LogP contribution in [0.2, 0.25) is 0 Å². The van der Waals surface area contributed by atoms with Crippen LogP contribution in [0.4, 0.5) is 17.2 Å². The van der Waals surface area contributed by atoms with Crippen molar-refractivity contribution in [3.05, 3.63) is 70.7 Å². The number of aryl methyl sites for hydroxylation is 1. The molecule has 1 aromatic carbocycles. The van der Waals surface area contributed by atoms with Crippen LogP contribution in [0.5, 0.6) is 0 Å². The number of aromatic nitrogens is 2. The lowest BCUT2D eigenvalue weighted by atomic mass is 9.75. The smallest absolute Gasteiger partial charge is 0.252 e. The minimum absolute atomic E-state index is 0.0283. The van der Waals surface area contributed by atoms with Crippen LogP contribution in [0.15, 0.2) is 47.8 Å². The van der Waals surface area contributed by atoms with Crippen molar-refractivity contribution in [2.75, 3.05) is 55.0 Å². The molecule has 226 valence electrons. The molecule has 4 heterocycles. The molecule has 13 heteroatoms. The highest BCUT2D eigenvalue weighted by Gasteiger charge is 2.50. The number of benzene rings is 1. The summed E-state index contributed by atoms with van der Waals surface area (Å²) >= 11 is 1.65. The molecule has 3 aliphatic rings. The minimum Gasteiger partial charge on any atom is -0.383 e. The third kappa shape index (κ3) is 5.71. The van der Waals surface area contributed by atoms with Gasteiger partial charge < -0.3 is 21.0 Å². The molecule has 2 aliphatic heterocycles. The second-order valence-corrected chi connectivity index (χ2v) is 12.4. The maximum Gasteiger partial charge on any atom is 0.252 e. The molecule has 2 aromatic heterocycles. The van der Waals surface area contributed by atoms with Crippen molar-refractivity contribution in [3.63, 3.8) is 0 Å². The van der Waals surface area contributed by atoms with Crippen molar-refractivity contribution < 1.29 is 14.4 Å². The van der Waals surface area contributed by atoms with Crippen molar-refractivity contribution >= 4 is 47.1 Å². The Hall–Kier alpha value is -4.51. The van der Waals surface area contributed by atoms with Gasteiger partial charge in [0.1, 0.15) is 17.4 Å². The first kappa shape index (κ1) is 29.6. The minimum atomic E-state index is -1.10. The van der Waals surface area contributed by atoms with Gasteiger partial charge in [-0.05, 0) is 49.6 Å². The molecule has 3 aromatic rings. The lowest BCUT2D eigenvalue weighted by Gasteiger charge is -2.35. The van der Waals surface area contributed by atoms with E-state index >= 15 is 0 Å². The number of nitrogens with one attached hydrogen (secondary N) is 4. The van der Waals surface area contributed by atoms with Crippen molar-refractivity contribution in [2.24, 2.45) is 0 Å². The lowest BCUT2D eigenvalue weighted by Crippen LogP contribution is -2.51. The van der Waals surface area contributed by atoms with Gasteiger partial charge in [0.05, 0.1) is 23.5 Å². The van der Waals surface area contributed by atoms with E-state index in [0.29, 0.717) is 60.9 Å². The highest BCUT2D eigenvalue weighted by Crippen LogP contribution is 2.46. The summed E-state index contributed by atoms with van der Waals surface area (Å²) < 4.78 is 0. The number of hydrazine groups is 1. The number of amides is 2. The molecule has 6 rings (SSSR count). The van der Waals surface area contributed by atoms with Crippen LogP contribution in [0, 0.1) is 11.3 Å². The molecule has 1 unspecified atom stereocenters. The van der Waals surface area contributed by atoms with Gasteiger partial charge in [0.25, 0.3) is 5.91 Å². The summed E-state index contributed by atoms with van der Waals surface area (Å²) in [5, 5.41) is 15.9. The number of piperazine rings is 1. The van der Waals surface area contributed by atoms with Gasteiger partial charge in [-0.25, -0.2) is 10.4 Å². The van der Waals surface area contributed by atoms with Gasteiger partial charge in [0.2, 0.25) is 5.91 Å². The molecule has 1 saturated heterocycles. The van der Waals surface area contributed by atoms with Crippen molar-refractivity contribution in [3.8, 4) is 6.07 Å². The molecular weight excluding hydrogens is 578 g/mol. The number of carbonyl (C=O) groups excluding carboxylic acids is 3. The third-order valence-corrected chi connectivity index (χ3v) is 9.31. The van der Waals surface area contributed by atoms with Gasteiger partial charge in [0, 0.05) is 72.6 Å². The normalized spacial score (nSPS) is 19.1. The van der Waals surface area contributed by atoms with Gasteiger partial charge >= 0.3 is 0 Å². The summed E-state index contributed by atoms with van der Waals surface area (Å²) in [5.74, 6) is 0.788. The fraction of sp³-hybridized carbons (Fsp3) is 0.355. The standard InChI is InChI=1S/C31H33N9O3S/c1-39-9-10-40(27(42)18-39)17-21-12-20-4-2-6-31(28(20)29(37-38-31)24(21)19-41)30(43)36-26-13-25(22(14-32)15-35-26)34-8-11-44-23-5-3-7-33-16-23/h3,5,7,12-13,15-16,19,37-38H,2,4,6,8-11,17-18H2,1H3,(H2,34,35,36,43). The number of anilines is 3. The molecule has 0 saturated carbocycles. The molecule has 0 radical (unpaired) electrons. The number of thioether (sulfide) groups is 1. The van der Waals surface area contributed by atoms with E-state index in [1.54, 1.807) is 35.1 Å². The van der Waals surface area contributed by atoms with Crippen LogP contribution in [0.3, 0.4) is 0 Å². The van der Waals surface area contributed by atoms with E-state index in [4.69, 9.17) is 0 Å². The van der Waals surface area contributed by atoms with Crippen LogP contribution in [-0.2, 0) is 28.1 Å². The average molecular weight is 612 g/mol. The van der Waals surface area contributed by atoms with Gasteiger partial charge in [0.15, 0.2) is 6.29 Å². The van der Waals surface area contributed by atoms with E-state index in [0.717, 1.165) is 53.0 Å². The Morgan fingerprint density at radius 1 is 1.30 bits per heavy atom. The molecule has 2 amide bonds. The predicted molar refractivity (Wildman–Crippen MR) is 167 cm³/mol. The zero-order chi connectivity index (χ0) is 30.7. The SMILES string of the molecule is CN1CCN(Cc2cc3c4c(c2C=O)NNC4(C(=O)Nc2cc(NCCSc4cccnc4)c(C#N)cn2)CCC3)C(=O)C1. The number of likely N-dealkylation sites (N-methyl/N-ethyl adjacent to an activating group) is 1. The number of aldehydes is 1. The first-order chi connectivity index (χ1) is 21.4. The second-order valence-electron chi connectivity index (χ2n) is 11.2. The number of carbonyl (C=O) groups is 3. The average Bonchev–Trinajstić information content (AvgIpc) is 3.43. The van der Waals surface area contributed by atoms with Crippen molar-refractivity contribution in [1.82, 2.24) is 25.2 Å². The van der Waals surface area contributed by atoms with Gasteiger partial charge in [-0.2, -0.15) is 5.26 Å². The van der Waals surface area contributed by atoms with Crippen LogP contribution in [-0.4, -0.2) is 76.8 Å². The summed E-state index contributed by atoms with van der Waals surface area (Å²) in [4.78, 5) is 52.3. The Morgan fingerprint density at radius 2 is 2.18 bits per heavy atom. The van der Waals surface area contributed by atoms with Gasteiger partial charge in [-0.1, -0.05) is 6.07 Å². The zero-order valence-corrected chi connectivity index (χ0v) is 25.2. The second kappa shape index (κ2) is 12.6. The maximum atomic E-state index is 14.0. The summed E-state index contributed by atoms with van der Waals surface area (Å²) in [7, 11) is 1.92. The zero-order valence-electron chi connectivity index (χ0n) is 24.4. The van der Waals surface area contributed by atoms with Crippen LogP contribution in [0.1, 0.15) is 45.5 Å². The quantitative estimate of drug-likeness (QED) is 0.152. The lowest BCUT2D eigenvalue weighted by molar-refractivity contribution is -0.136. The fourth-order valence-corrected chi connectivity index (χ4v) is 6.86. The number of pyridine rings is 2. The van der Waals surface area contributed by atoms with Crippen LogP contribution >= 0.6 is 11.8 Å². The highest BCUT2D eigenvalue weighted by molar-refractivity contribution is 7.99. The Labute approximate surface area is 259 Å². The molecule has 44 heavy (non-hydrogen) atoms. The largest absolute Gasteiger partial charge is 0.383 e. The first-order valence-electron chi connectivity index (χ1n) is 14.5. The monoisotopic (exact) mass is 611 g/mol. The van der Waals surface area contributed by atoms with E-state index in [9.17, 15) is 19.6 Å². The Balaban J connectivity index is 1.21. The molecule has 1 fully saturated rings. The van der Waals surface area contributed by atoms with Crippen molar-refractivity contribution in [2.45, 2.75) is 36.2 Å². The van der Waals surface area contributed by atoms with E-state index in [1.165, 1.54) is 6.20 Å². The van der Waals surface area contributed by atoms with Crippen LogP contribution in [0.25, 0.3) is 0 Å². The number of hydrogen-bond acceptors (Lipinski definition) is 11. The number of rotatable bonds is 10. The summed E-state index contributed by atoms with van der Waals surface area (Å²) in [6, 6.07) is 9.68. The fourth-order valence-electron chi connectivity index (χ4n) is 6.11. The number of nitrogens with zero attached hydrogens (tertiary/aromatic N) is 5. The molecule has 1 aliphatic carbocycles. The molecule has 1 atom stereocenters. The molecular formula is C31H33N9O3S. The summed E-state index contributed by atoms with van der Waals surface area (Å²) in [6.45, 7) is 2.65. The highest BCUT2D eigenvalue weighted by atomic mass is 32.2. The predicted octanol–water partition coefficient (Wildman–Crippen LogP) is 2.74. The van der Waals surface area contributed by atoms with Gasteiger partial charge in [-0.15, -0.1) is 11.8 Å². The topological polar surface area (TPSA) is 155 Å². The van der Waals surface area contributed by atoms with E-state index in [1.807, 2.05) is 30.1 Å². The van der Waals surface area contributed by atoms with E-state index < -0.39 is 5.54 Å². The Kier molecular flexibility index (Phi) is 8.47. The first-order valence-corrected chi connectivity index (χ1v) is 15.5. The molecule has 12 nitrogen and oxygen atoms in total. The number of nitriles is 1. The third-order valence-electron chi connectivity index (χ3n) is 8.32. The summed E-state index contributed by atoms with van der Waals surface area (Å²) in [5.41, 5.74) is 9.74. The van der Waals surface area contributed by atoms with Crippen LogP contribution < -0.4 is 21.5 Å².